The number of fused-ring (bicyclic) bond motifs is 1. The van der Waals surface area contributed by atoms with Gasteiger partial charge in [0.1, 0.15) is 5.82 Å². The molecule has 2 aromatic carbocycles. The first-order valence-electron chi connectivity index (χ1n) is 8.91. The molecule has 30 heavy (non-hydrogen) atoms. The van der Waals surface area contributed by atoms with Crippen LogP contribution >= 0.6 is 11.9 Å². The average molecular weight is 430 g/mol. The van der Waals surface area contributed by atoms with Gasteiger partial charge in [-0.3, -0.25) is 0 Å². The molecule has 0 atom stereocenters. The number of aromatic nitrogens is 3. The number of aromatic amines is 1. The Bertz CT molecular complexity index is 1160. The molecule has 0 aliphatic carbocycles. The summed E-state index contributed by atoms with van der Waals surface area (Å²) in [6.45, 7) is 2.01. The summed E-state index contributed by atoms with van der Waals surface area (Å²) in [4.78, 5) is 11.9. The van der Waals surface area contributed by atoms with Crippen molar-refractivity contribution in [1.82, 2.24) is 15.0 Å². The van der Waals surface area contributed by atoms with Crippen LogP contribution in [0, 0.1) is 6.92 Å². The van der Waals surface area contributed by atoms with Crippen molar-refractivity contribution < 1.29 is 13.2 Å². The predicted octanol–water partition coefficient (Wildman–Crippen LogP) is 6.33. The third-order valence-corrected chi connectivity index (χ3v) is 4.68. The van der Waals surface area contributed by atoms with Gasteiger partial charge in [0.2, 0.25) is 5.95 Å². The number of benzene rings is 2. The topological polar surface area (TPSA) is 77.7 Å². The van der Waals surface area contributed by atoms with E-state index in [9.17, 15) is 13.2 Å². The molecule has 0 spiro atoms. The number of alkyl halides is 3. The van der Waals surface area contributed by atoms with Crippen LogP contribution in [-0.2, 0) is 0 Å². The van der Waals surface area contributed by atoms with Crippen molar-refractivity contribution in [2.45, 2.75) is 12.4 Å². The third kappa shape index (κ3) is 5.15. The smallest absolute Gasteiger partial charge is 0.359 e. The number of nitrogens with zero attached hydrogens (tertiary/aromatic N) is 2. The molecule has 0 aliphatic rings. The number of anilines is 5. The van der Waals surface area contributed by atoms with E-state index in [1.165, 1.54) is 12.1 Å². The van der Waals surface area contributed by atoms with Gasteiger partial charge in [0.15, 0.2) is 0 Å². The second kappa shape index (κ2) is 8.15. The van der Waals surface area contributed by atoms with Gasteiger partial charge in [-0.25, -0.2) is 4.98 Å². The highest BCUT2D eigenvalue weighted by atomic mass is 32.2. The zero-order valence-corrected chi connectivity index (χ0v) is 16.5. The normalized spacial score (nSPS) is 11.5. The van der Waals surface area contributed by atoms with Gasteiger partial charge in [0.05, 0.1) is 11.9 Å². The fourth-order valence-electron chi connectivity index (χ4n) is 2.86. The van der Waals surface area contributed by atoms with Gasteiger partial charge in [-0.1, -0.05) is 0 Å². The molecule has 4 rings (SSSR count). The summed E-state index contributed by atoms with van der Waals surface area (Å²) in [5, 5.41) is 7.39. The number of halogens is 3. The molecule has 4 aromatic rings. The molecule has 0 fully saturated rings. The van der Waals surface area contributed by atoms with Gasteiger partial charge in [0, 0.05) is 39.9 Å². The van der Waals surface area contributed by atoms with Crippen LogP contribution in [0.4, 0.5) is 42.0 Å². The second-order valence-electron chi connectivity index (χ2n) is 6.50. The maximum Gasteiger partial charge on any atom is 0.461 e. The fourth-order valence-corrected chi connectivity index (χ4v) is 3.23. The molecular formula is C20H17F3N6S. The van der Waals surface area contributed by atoms with E-state index >= 15 is 0 Å². The van der Waals surface area contributed by atoms with Gasteiger partial charge < -0.3 is 20.3 Å². The van der Waals surface area contributed by atoms with E-state index < -0.39 is 5.51 Å². The van der Waals surface area contributed by atoms with E-state index in [1.54, 1.807) is 24.4 Å². The van der Waals surface area contributed by atoms with Crippen LogP contribution in [0.3, 0.4) is 0 Å². The van der Waals surface area contributed by atoms with Crippen molar-refractivity contribution in [2.24, 2.45) is 0 Å². The van der Waals surface area contributed by atoms with Gasteiger partial charge in [-0.15, -0.1) is 0 Å². The van der Waals surface area contributed by atoms with Crippen molar-refractivity contribution in [3.8, 4) is 0 Å². The number of nitrogens with one attached hydrogen (secondary N) is 4. The Labute approximate surface area is 174 Å². The molecule has 0 amide bonds. The molecule has 10 heteroatoms. The Kier molecular flexibility index (Phi) is 5.40. The van der Waals surface area contributed by atoms with Crippen LogP contribution in [0.15, 0.2) is 60.8 Å². The molecule has 0 saturated heterocycles. The lowest BCUT2D eigenvalue weighted by Crippen LogP contribution is -2.04. The Morgan fingerprint density at radius 1 is 0.900 bits per heavy atom. The van der Waals surface area contributed by atoms with Crippen LogP contribution in [0.1, 0.15) is 5.69 Å². The van der Waals surface area contributed by atoms with Crippen LogP contribution in [-0.4, -0.2) is 20.5 Å². The highest BCUT2D eigenvalue weighted by Crippen LogP contribution is 2.31. The Morgan fingerprint density at radius 3 is 2.40 bits per heavy atom. The Morgan fingerprint density at radius 2 is 1.63 bits per heavy atom. The van der Waals surface area contributed by atoms with Gasteiger partial charge >= 0.3 is 5.51 Å². The summed E-state index contributed by atoms with van der Waals surface area (Å²) < 4.78 is 39.0. The third-order valence-electron chi connectivity index (χ3n) is 4.11. The van der Waals surface area contributed by atoms with E-state index in [-0.39, 0.29) is 11.9 Å². The lowest BCUT2D eigenvalue weighted by atomic mass is 10.2. The Hall–Kier alpha value is -3.40. The molecule has 2 aromatic heterocycles. The van der Waals surface area contributed by atoms with Gasteiger partial charge in [-0.2, -0.15) is 18.2 Å². The first-order chi connectivity index (χ1) is 14.3. The highest BCUT2D eigenvalue weighted by molar-refractivity contribution is 8.01. The number of H-pyrrole nitrogens is 1. The van der Waals surface area contributed by atoms with Crippen LogP contribution in [0.25, 0.3) is 10.9 Å². The first-order valence-corrected chi connectivity index (χ1v) is 9.73. The summed E-state index contributed by atoms with van der Waals surface area (Å²) in [6.07, 6.45) is 1.62. The maximum atomic E-state index is 12.2. The minimum Gasteiger partial charge on any atom is -0.359 e. The van der Waals surface area contributed by atoms with E-state index in [1.807, 2.05) is 25.1 Å². The minimum absolute atomic E-state index is 0.304. The van der Waals surface area contributed by atoms with Crippen LogP contribution in [0.2, 0.25) is 0 Å². The maximum absolute atomic E-state index is 12.2. The molecule has 4 N–H and O–H groups in total. The minimum atomic E-state index is -4.34. The van der Waals surface area contributed by atoms with Crippen molar-refractivity contribution >= 4 is 51.7 Å². The van der Waals surface area contributed by atoms with Crippen LogP contribution < -0.4 is 15.4 Å². The summed E-state index contributed by atoms with van der Waals surface area (Å²) in [6, 6.07) is 16.2. The monoisotopic (exact) mass is 430 g/mol. The lowest BCUT2D eigenvalue weighted by molar-refractivity contribution is -0.0323. The van der Waals surface area contributed by atoms with E-state index in [0.29, 0.717) is 23.1 Å². The van der Waals surface area contributed by atoms with Crippen molar-refractivity contribution in [3.63, 3.8) is 0 Å². The fraction of sp³-hybridized carbons (Fsp3) is 0.100. The summed E-state index contributed by atoms with van der Waals surface area (Å²) >= 11 is -0.304. The van der Waals surface area contributed by atoms with Crippen molar-refractivity contribution in [1.29, 1.82) is 0 Å². The van der Waals surface area contributed by atoms with E-state index in [4.69, 9.17) is 0 Å². The molecule has 0 saturated carbocycles. The number of hydrogen-bond acceptors (Lipinski definition) is 6. The van der Waals surface area contributed by atoms with E-state index in [0.717, 1.165) is 22.3 Å². The standard InChI is InChI=1S/C20H17F3N6S/c1-12-10-13-11-16(6-7-17(13)25-12)26-18-8-9-24-19(28-18)27-14-2-4-15(5-3-14)29-30-20(21,22)23/h2-11,25,29H,1H3,(H2,24,26,27,28). The summed E-state index contributed by atoms with van der Waals surface area (Å²) in [5.41, 5.74) is -0.302. The van der Waals surface area contributed by atoms with Gasteiger partial charge in [-0.05, 0) is 61.5 Å². The molecule has 0 unspecified atom stereocenters. The first kappa shape index (κ1) is 19.9. The van der Waals surface area contributed by atoms with Crippen molar-refractivity contribution in [2.75, 3.05) is 15.4 Å². The molecule has 0 bridgehead atoms. The number of rotatable bonds is 6. The average Bonchev–Trinajstić information content (AvgIpc) is 3.06. The van der Waals surface area contributed by atoms with Gasteiger partial charge in [0.25, 0.3) is 0 Å². The SMILES string of the molecule is Cc1cc2cc(Nc3ccnc(Nc4ccc(NSC(F)(F)F)cc4)n3)ccc2[nH]1. The summed E-state index contributed by atoms with van der Waals surface area (Å²) in [5.74, 6) is 0.975. The quantitative estimate of drug-likeness (QED) is 0.268. The highest BCUT2D eigenvalue weighted by Gasteiger charge is 2.28. The Balaban J connectivity index is 1.42. The molecule has 154 valence electrons. The molecule has 6 nitrogen and oxygen atoms in total. The molecular weight excluding hydrogens is 413 g/mol. The predicted molar refractivity (Wildman–Crippen MR) is 115 cm³/mol. The zero-order chi connectivity index (χ0) is 21.1. The molecule has 2 heterocycles. The zero-order valence-electron chi connectivity index (χ0n) is 15.7. The molecule has 0 aliphatic heterocycles. The largest absolute Gasteiger partial charge is 0.461 e. The molecule has 0 radical (unpaired) electrons. The van der Waals surface area contributed by atoms with E-state index in [2.05, 4.69) is 36.4 Å². The second-order valence-corrected chi connectivity index (χ2v) is 7.37. The number of aryl methyl sites for hydroxylation is 1. The van der Waals surface area contributed by atoms with Crippen LogP contribution in [0.5, 0.6) is 0 Å². The number of hydrogen-bond donors (Lipinski definition) is 4. The lowest BCUT2D eigenvalue weighted by Gasteiger charge is -2.10. The van der Waals surface area contributed by atoms with Crippen molar-refractivity contribution in [3.05, 3.63) is 66.5 Å². The summed E-state index contributed by atoms with van der Waals surface area (Å²) in [7, 11) is 0.